The van der Waals surface area contributed by atoms with E-state index in [1.807, 2.05) is 23.7 Å². The van der Waals surface area contributed by atoms with Crippen LogP contribution in [0.1, 0.15) is 35.7 Å². The summed E-state index contributed by atoms with van der Waals surface area (Å²) in [6.07, 6.45) is 7.09. The molecule has 0 unspecified atom stereocenters. The lowest BCUT2D eigenvalue weighted by atomic mass is 10.1. The lowest BCUT2D eigenvalue weighted by Gasteiger charge is -2.12. The van der Waals surface area contributed by atoms with Gasteiger partial charge in [-0.2, -0.15) is 4.68 Å². The summed E-state index contributed by atoms with van der Waals surface area (Å²) in [4.78, 5) is 21.4. The summed E-state index contributed by atoms with van der Waals surface area (Å²) < 4.78 is 26.4. The third-order valence-electron chi connectivity index (χ3n) is 4.71. The fourth-order valence-electron chi connectivity index (χ4n) is 3.22. The van der Waals surface area contributed by atoms with Gasteiger partial charge in [0, 0.05) is 36.3 Å². The van der Waals surface area contributed by atoms with E-state index in [9.17, 15) is 13.2 Å². The largest absolute Gasteiger partial charge is 0.278 e. The van der Waals surface area contributed by atoms with Gasteiger partial charge in [-0.05, 0) is 43.5 Å². The minimum absolute atomic E-state index is 0. The lowest BCUT2D eigenvalue weighted by molar-refractivity contribution is 0.537. The highest BCUT2D eigenvalue weighted by molar-refractivity contribution is 7.89. The molecule has 1 saturated carbocycles. The van der Waals surface area contributed by atoms with Crippen molar-refractivity contribution in [2.75, 3.05) is 0 Å². The number of hydrogen-bond donors (Lipinski definition) is 1. The maximum Gasteiger partial charge on any atom is 0.276 e. The van der Waals surface area contributed by atoms with Gasteiger partial charge in [0.1, 0.15) is 4.90 Å². The SMILES string of the molecule is Cc1c(Cc2cccnc2)c(=O)n(-c2ccc(S(N)(=O)=O)cn2)n1C1CC1.Cl. The average Bonchev–Trinajstić information content (AvgIpc) is 3.45. The van der Waals surface area contributed by atoms with Gasteiger partial charge in [-0.25, -0.2) is 18.5 Å². The zero-order chi connectivity index (χ0) is 19.2. The Labute approximate surface area is 168 Å². The topological polar surface area (TPSA) is 113 Å². The Bertz CT molecular complexity index is 1150. The number of halogens is 1. The molecule has 148 valence electrons. The van der Waals surface area contributed by atoms with Crippen LogP contribution < -0.4 is 10.7 Å². The molecule has 2 N–H and O–H groups in total. The number of sulfonamides is 1. The third kappa shape index (κ3) is 3.73. The first-order valence-electron chi connectivity index (χ1n) is 8.57. The first kappa shape index (κ1) is 20.2. The second-order valence-corrected chi connectivity index (χ2v) is 8.25. The average molecular weight is 422 g/mol. The van der Waals surface area contributed by atoms with E-state index in [0.717, 1.165) is 24.1 Å². The van der Waals surface area contributed by atoms with Crippen LogP contribution in [0, 0.1) is 6.92 Å². The molecule has 0 aliphatic heterocycles. The van der Waals surface area contributed by atoms with Crippen LogP contribution in [-0.2, 0) is 16.4 Å². The molecule has 0 amide bonds. The van der Waals surface area contributed by atoms with Crippen LogP contribution in [-0.4, -0.2) is 27.7 Å². The van der Waals surface area contributed by atoms with Crippen molar-refractivity contribution in [3.05, 3.63) is 70.0 Å². The summed E-state index contributed by atoms with van der Waals surface area (Å²) in [5.41, 5.74) is 2.38. The molecule has 0 spiro atoms. The molecule has 0 radical (unpaired) electrons. The van der Waals surface area contributed by atoms with Gasteiger partial charge in [0.05, 0.1) is 6.04 Å². The first-order valence-corrected chi connectivity index (χ1v) is 10.1. The van der Waals surface area contributed by atoms with Gasteiger partial charge in [0.2, 0.25) is 10.0 Å². The lowest BCUT2D eigenvalue weighted by Crippen LogP contribution is -2.23. The molecule has 0 saturated heterocycles. The highest BCUT2D eigenvalue weighted by atomic mass is 35.5. The molecule has 3 aromatic rings. The number of primary sulfonamides is 1. The highest BCUT2D eigenvalue weighted by Crippen LogP contribution is 2.36. The molecule has 1 aliphatic rings. The van der Waals surface area contributed by atoms with Crippen LogP contribution in [0.2, 0.25) is 0 Å². The van der Waals surface area contributed by atoms with Gasteiger partial charge < -0.3 is 0 Å². The predicted octanol–water partition coefficient (Wildman–Crippen LogP) is 1.73. The Morgan fingerprint density at radius 3 is 2.50 bits per heavy atom. The van der Waals surface area contributed by atoms with E-state index in [1.54, 1.807) is 12.4 Å². The molecule has 0 bridgehead atoms. The summed E-state index contributed by atoms with van der Waals surface area (Å²) in [5.74, 6) is 0.375. The molecule has 8 nitrogen and oxygen atoms in total. The van der Waals surface area contributed by atoms with E-state index >= 15 is 0 Å². The molecule has 3 aromatic heterocycles. The number of nitrogens with zero attached hydrogens (tertiary/aromatic N) is 4. The minimum Gasteiger partial charge on any atom is -0.278 e. The van der Waals surface area contributed by atoms with Crippen LogP contribution >= 0.6 is 12.4 Å². The fraction of sp³-hybridized carbons (Fsp3) is 0.278. The van der Waals surface area contributed by atoms with Crippen molar-refractivity contribution in [2.45, 2.75) is 37.1 Å². The Morgan fingerprint density at radius 1 is 1.21 bits per heavy atom. The van der Waals surface area contributed by atoms with Crippen molar-refractivity contribution < 1.29 is 8.42 Å². The first-order chi connectivity index (χ1) is 12.9. The summed E-state index contributed by atoms with van der Waals surface area (Å²) in [6.45, 7) is 1.93. The van der Waals surface area contributed by atoms with Gasteiger partial charge in [-0.3, -0.25) is 14.5 Å². The molecule has 0 aromatic carbocycles. The fourth-order valence-corrected chi connectivity index (χ4v) is 3.67. The van der Waals surface area contributed by atoms with E-state index in [1.165, 1.54) is 23.0 Å². The van der Waals surface area contributed by atoms with E-state index in [2.05, 4.69) is 9.97 Å². The third-order valence-corrected chi connectivity index (χ3v) is 5.61. The molecule has 10 heteroatoms. The van der Waals surface area contributed by atoms with Gasteiger partial charge in [-0.15, -0.1) is 12.4 Å². The second kappa shape index (κ2) is 7.50. The maximum atomic E-state index is 13.2. The normalized spacial score (nSPS) is 13.9. The molecule has 3 heterocycles. The maximum absolute atomic E-state index is 13.2. The summed E-state index contributed by atoms with van der Waals surface area (Å²) in [5, 5.41) is 5.13. The van der Waals surface area contributed by atoms with Crippen LogP contribution in [0.3, 0.4) is 0 Å². The molecule has 28 heavy (non-hydrogen) atoms. The van der Waals surface area contributed by atoms with E-state index in [-0.39, 0.29) is 28.9 Å². The summed E-state index contributed by atoms with van der Waals surface area (Å²) in [7, 11) is -3.83. The molecule has 1 fully saturated rings. The molecule has 4 rings (SSSR count). The van der Waals surface area contributed by atoms with Crippen molar-refractivity contribution in [1.29, 1.82) is 0 Å². The van der Waals surface area contributed by atoms with Crippen LogP contribution in [0.15, 0.2) is 52.5 Å². The summed E-state index contributed by atoms with van der Waals surface area (Å²) in [6, 6.07) is 6.90. The predicted molar refractivity (Wildman–Crippen MR) is 106 cm³/mol. The van der Waals surface area contributed by atoms with E-state index in [4.69, 9.17) is 5.14 Å². The van der Waals surface area contributed by atoms with Crippen molar-refractivity contribution in [3.63, 3.8) is 0 Å². The van der Waals surface area contributed by atoms with Gasteiger partial charge in [-0.1, -0.05) is 6.07 Å². The van der Waals surface area contributed by atoms with Crippen LogP contribution in [0.5, 0.6) is 0 Å². The van der Waals surface area contributed by atoms with Crippen molar-refractivity contribution in [2.24, 2.45) is 5.14 Å². The van der Waals surface area contributed by atoms with Crippen LogP contribution in [0.25, 0.3) is 5.82 Å². The van der Waals surface area contributed by atoms with Gasteiger partial charge >= 0.3 is 0 Å². The van der Waals surface area contributed by atoms with Crippen molar-refractivity contribution >= 4 is 22.4 Å². The Kier molecular flexibility index (Phi) is 5.42. The zero-order valence-corrected chi connectivity index (χ0v) is 16.8. The zero-order valence-electron chi connectivity index (χ0n) is 15.1. The number of aromatic nitrogens is 4. The Morgan fingerprint density at radius 2 is 1.96 bits per heavy atom. The summed E-state index contributed by atoms with van der Waals surface area (Å²) >= 11 is 0. The highest BCUT2D eigenvalue weighted by Gasteiger charge is 2.31. The number of hydrogen-bond acceptors (Lipinski definition) is 5. The van der Waals surface area contributed by atoms with Gasteiger partial charge in [0.25, 0.3) is 5.56 Å². The van der Waals surface area contributed by atoms with E-state index < -0.39 is 10.0 Å². The minimum atomic E-state index is -3.83. The number of nitrogens with two attached hydrogens (primary N) is 1. The molecular weight excluding hydrogens is 402 g/mol. The number of pyridine rings is 2. The monoisotopic (exact) mass is 421 g/mol. The second-order valence-electron chi connectivity index (χ2n) is 6.69. The smallest absolute Gasteiger partial charge is 0.276 e. The van der Waals surface area contributed by atoms with Gasteiger partial charge in [0.15, 0.2) is 5.82 Å². The standard InChI is InChI=1S/C18H19N5O3S.ClH/c1-12-16(9-13-3-2-8-20-10-13)18(24)23(22(12)14-4-5-14)17-7-6-15(11-21-17)27(19,25)26;/h2-3,6-8,10-11,14H,4-5,9H2,1H3,(H2,19,25,26);1H. The quantitative estimate of drug-likeness (QED) is 0.674. The molecule has 0 atom stereocenters. The van der Waals surface area contributed by atoms with Crippen molar-refractivity contribution in [1.82, 2.24) is 19.3 Å². The Hall–Kier alpha value is -2.49. The van der Waals surface area contributed by atoms with Crippen molar-refractivity contribution in [3.8, 4) is 5.82 Å². The van der Waals surface area contributed by atoms with Crippen LogP contribution in [0.4, 0.5) is 0 Å². The molecular formula is C18H20ClN5O3S. The number of rotatable bonds is 5. The molecule has 1 aliphatic carbocycles. The Balaban J connectivity index is 0.00000225. The van der Waals surface area contributed by atoms with E-state index in [0.29, 0.717) is 17.8 Å².